The molecule has 0 spiro atoms. The number of fused-ring (bicyclic) bond motifs is 2. The van der Waals surface area contributed by atoms with Crippen molar-refractivity contribution < 1.29 is 0 Å². The van der Waals surface area contributed by atoms with Crippen LogP contribution in [0.25, 0.3) is 0 Å². The van der Waals surface area contributed by atoms with Gasteiger partial charge in [0.1, 0.15) is 0 Å². The van der Waals surface area contributed by atoms with Crippen LogP contribution in [0.4, 0.5) is 0 Å². The van der Waals surface area contributed by atoms with E-state index in [2.05, 4.69) is 61.8 Å². The van der Waals surface area contributed by atoms with Crippen molar-refractivity contribution >= 4 is 13.3 Å². The molecule has 0 amide bonds. The standard InChI is InChI=1S/C15H20Ge/c1-15(2)11-7-5-9-13(11)16(3,4)14-10-6-8-12(14)15/h5-12H,1-4H3. The van der Waals surface area contributed by atoms with Crippen molar-refractivity contribution in [2.45, 2.75) is 25.4 Å². The van der Waals surface area contributed by atoms with Crippen LogP contribution in [0.15, 0.2) is 45.3 Å². The van der Waals surface area contributed by atoms with Crippen LogP contribution in [0.5, 0.6) is 0 Å². The molecule has 0 nitrogen and oxygen atoms in total. The number of hydrogen-bond acceptors (Lipinski definition) is 0. The van der Waals surface area contributed by atoms with Gasteiger partial charge in [0.15, 0.2) is 0 Å². The van der Waals surface area contributed by atoms with E-state index in [0.29, 0.717) is 17.3 Å². The number of rotatable bonds is 0. The fourth-order valence-electron chi connectivity index (χ4n) is 3.81. The topological polar surface area (TPSA) is 0 Å². The van der Waals surface area contributed by atoms with Gasteiger partial charge >= 0.3 is 101 Å². The zero-order valence-electron chi connectivity index (χ0n) is 10.6. The van der Waals surface area contributed by atoms with Gasteiger partial charge in [-0.2, -0.15) is 0 Å². The molecule has 3 rings (SSSR count). The van der Waals surface area contributed by atoms with Crippen LogP contribution in [0, 0.1) is 17.3 Å². The summed E-state index contributed by atoms with van der Waals surface area (Å²) in [4.78, 5) is 0. The van der Waals surface area contributed by atoms with E-state index in [0.717, 1.165) is 0 Å². The Kier molecular flexibility index (Phi) is 2.02. The van der Waals surface area contributed by atoms with Crippen LogP contribution >= 0.6 is 0 Å². The molecule has 0 N–H and O–H groups in total. The van der Waals surface area contributed by atoms with Crippen molar-refractivity contribution in [2.75, 3.05) is 0 Å². The van der Waals surface area contributed by atoms with Crippen molar-refractivity contribution in [3.63, 3.8) is 0 Å². The van der Waals surface area contributed by atoms with Gasteiger partial charge in [0, 0.05) is 0 Å². The fourth-order valence-corrected chi connectivity index (χ4v) is 11.9. The van der Waals surface area contributed by atoms with Crippen LogP contribution in [-0.4, -0.2) is 13.3 Å². The first kappa shape index (κ1) is 10.6. The maximum absolute atomic E-state index is 2.56. The first-order valence-corrected chi connectivity index (χ1v) is 12.5. The molecule has 0 aromatic rings. The predicted octanol–water partition coefficient (Wildman–Crippen LogP) is 4.04. The monoisotopic (exact) mass is 274 g/mol. The van der Waals surface area contributed by atoms with Crippen molar-refractivity contribution in [2.24, 2.45) is 17.3 Å². The zero-order valence-corrected chi connectivity index (χ0v) is 12.7. The van der Waals surface area contributed by atoms with Gasteiger partial charge in [0.2, 0.25) is 0 Å². The fraction of sp³-hybridized carbons (Fsp3) is 0.467. The third-order valence-corrected chi connectivity index (χ3v) is 12.9. The molecule has 84 valence electrons. The first-order chi connectivity index (χ1) is 7.45. The molecule has 0 bridgehead atoms. The van der Waals surface area contributed by atoms with Crippen molar-refractivity contribution in [1.29, 1.82) is 0 Å². The third-order valence-electron chi connectivity index (χ3n) is 4.88. The molecule has 1 saturated heterocycles. The van der Waals surface area contributed by atoms with E-state index < -0.39 is 13.3 Å². The molecule has 0 saturated carbocycles. The Morgan fingerprint density at radius 2 is 1.38 bits per heavy atom. The first-order valence-electron chi connectivity index (χ1n) is 6.23. The van der Waals surface area contributed by atoms with Crippen molar-refractivity contribution in [3.05, 3.63) is 45.3 Å². The van der Waals surface area contributed by atoms with E-state index in [-0.39, 0.29) is 0 Å². The second kappa shape index (κ2) is 3.04. The minimum atomic E-state index is -1.89. The average Bonchev–Trinajstić information content (AvgIpc) is 2.86. The number of hydrogen-bond donors (Lipinski definition) is 0. The molecule has 0 radical (unpaired) electrons. The molecule has 1 aliphatic heterocycles. The Hall–Kier alpha value is -0.497. The van der Waals surface area contributed by atoms with Gasteiger partial charge < -0.3 is 0 Å². The van der Waals surface area contributed by atoms with Crippen LogP contribution in [0.2, 0.25) is 11.5 Å². The van der Waals surface area contributed by atoms with Gasteiger partial charge in [0.25, 0.3) is 0 Å². The SMILES string of the molecule is CC1(C)C2C=CC=[C]2[Ge]([CH3])([CH3])[C]2=CC=CC21. The summed E-state index contributed by atoms with van der Waals surface area (Å²) in [7, 11) is 0. The quantitative estimate of drug-likeness (QED) is 0.584. The summed E-state index contributed by atoms with van der Waals surface area (Å²) >= 11 is -1.89. The predicted molar refractivity (Wildman–Crippen MR) is 72.7 cm³/mol. The minimum absolute atomic E-state index is 0.373. The molecule has 2 aliphatic carbocycles. The van der Waals surface area contributed by atoms with Gasteiger partial charge in [-0.3, -0.25) is 0 Å². The van der Waals surface area contributed by atoms with E-state index in [1.807, 2.05) is 0 Å². The molecule has 1 heteroatoms. The van der Waals surface area contributed by atoms with E-state index in [9.17, 15) is 0 Å². The number of allylic oxidation sites excluding steroid dienone is 8. The maximum atomic E-state index is 2.56. The van der Waals surface area contributed by atoms with E-state index in [4.69, 9.17) is 0 Å². The Bertz CT molecular complexity index is 418. The Balaban J connectivity index is 2.19. The van der Waals surface area contributed by atoms with Crippen LogP contribution in [-0.2, 0) is 0 Å². The molecule has 0 aromatic carbocycles. The average molecular weight is 273 g/mol. The van der Waals surface area contributed by atoms with Gasteiger partial charge in [-0.1, -0.05) is 0 Å². The Morgan fingerprint density at radius 1 is 0.938 bits per heavy atom. The second-order valence-corrected chi connectivity index (χ2v) is 15.7. The Labute approximate surface area is 101 Å². The van der Waals surface area contributed by atoms with Crippen LogP contribution in [0.3, 0.4) is 0 Å². The summed E-state index contributed by atoms with van der Waals surface area (Å²) in [6.07, 6.45) is 14.3. The molecular weight excluding hydrogens is 253 g/mol. The molecule has 16 heavy (non-hydrogen) atoms. The summed E-state index contributed by atoms with van der Waals surface area (Å²) in [5.41, 5.74) is 0.373. The Morgan fingerprint density at radius 3 is 1.81 bits per heavy atom. The molecule has 3 aliphatic rings. The molecular formula is C15H20Ge. The molecule has 1 heterocycles. The second-order valence-electron chi connectivity index (χ2n) is 6.42. The summed E-state index contributed by atoms with van der Waals surface area (Å²) in [6.45, 7) is 4.87. The van der Waals surface area contributed by atoms with Gasteiger partial charge in [-0.15, -0.1) is 0 Å². The van der Waals surface area contributed by atoms with Gasteiger partial charge in [0.05, 0.1) is 0 Å². The summed E-state index contributed by atoms with van der Waals surface area (Å²) in [5.74, 6) is 6.53. The third kappa shape index (κ3) is 1.12. The molecule has 2 atom stereocenters. The van der Waals surface area contributed by atoms with E-state index >= 15 is 0 Å². The van der Waals surface area contributed by atoms with Crippen LogP contribution in [0.1, 0.15) is 13.8 Å². The van der Waals surface area contributed by atoms with E-state index in [1.165, 1.54) is 0 Å². The summed E-state index contributed by atoms with van der Waals surface area (Å²) in [6, 6.07) is 0. The zero-order chi connectivity index (χ0) is 11.6. The normalized spacial score (nSPS) is 36.8. The van der Waals surface area contributed by atoms with Gasteiger partial charge in [-0.25, -0.2) is 0 Å². The van der Waals surface area contributed by atoms with Gasteiger partial charge in [-0.05, 0) is 0 Å². The van der Waals surface area contributed by atoms with Crippen molar-refractivity contribution in [1.82, 2.24) is 0 Å². The molecule has 2 unspecified atom stereocenters. The van der Waals surface area contributed by atoms with Crippen LogP contribution < -0.4 is 0 Å². The summed E-state index contributed by atoms with van der Waals surface area (Å²) < 4.78 is 3.58. The van der Waals surface area contributed by atoms with Crippen molar-refractivity contribution in [3.8, 4) is 0 Å². The molecule has 1 fully saturated rings. The molecule has 0 aromatic heterocycles. The van der Waals surface area contributed by atoms with E-state index in [1.54, 1.807) is 8.81 Å². The summed E-state index contributed by atoms with van der Waals surface area (Å²) in [5, 5.41) is 0.